The van der Waals surface area contributed by atoms with Crippen LogP contribution in [-0.2, 0) is 0 Å². The van der Waals surface area contributed by atoms with Gasteiger partial charge in [0.15, 0.2) is 0 Å². The predicted octanol–water partition coefficient (Wildman–Crippen LogP) is 0.802. The Morgan fingerprint density at radius 1 is 1.67 bits per heavy atom. The quantitative estimate of drug-likeness (QED) is 0.445. The summed E-state index contributed by atoms with van der Waals surface area (Å²) in [5, 5.41) is 0. The summed E-state index contributed by atoms with van der Waals surface area (Å²) < 4.78 is 0. The molecule has 34 valence electrons. The zero-order valence-electron chi connectivity index (χ0n) is 3.55. The van der Waals surface area contributed by atoms with Crippen LogP contribution in [0.25, 0.3) is 0 Å². The van der Waals surface area contributed by atoms with Crippen LogP contribution in [0.4, 0.5) is 0 Å². The first-order valence-corrected chi connectivity index (χ1v) is 3.12. The molecule has 0 atom stereocenters. The second kappa shape index (κ2) is 1.65. The third-order valence-corrected chi connectivity index (χ3v) is 2.12. The molecule has 0 N–H and O–H groups in total. The van der Waals surface area contributed by atoms with E-state index < -0.39 is 0 Å². The second-order valence-electron chi connectivity index (χ2n) is 1.37. The Kier molecular flexibility index (Phi) is 1.15. The molecule has 1 nitrogen and oxygen atoms in total. The van der Waals surface area contributed by atoms with Crippen molar-refractivity contribution in [1.29, 1.82) is 0 Å². The average molecular weight is 101 g/mol. The van der Waals surface area contributed by atoms with Gasteiger partial charge in [-0.3, -0.25) is 4.99 Å². The molecule has 1 saturated heterocycles. The van der Waals surface area contributed by atoms with Crippen molar-refractivity contribution in [2.24, 2.45) is 4.99 Å². The number of rotatable bonds is 1. The normalized spacial score (nSPS) is 22.7. The Labute approximate surface area is 41.8 Å². The Morgan fingerprint density at radius 3 is 2.33 bits per heavy atom. The third-order valence-electron chi connectivity index (χ3n) is 0.879. The number of nitrogens with zero attached hydrogens (tertiary/aromatic N) is 1. The molecule has 0 saturated carbocycles. The molecule has 0 amide bonds. The minimum Gasteiger partial charge on any atom is -0.296 e. The Balaban J connectivity index is 2.16. The number of thioether (sulfide) groups is 1. The standard InChI is InChI=1S/C4H7NS/c1-5-4-2-6-3-4/h4H,1-3H2. The first kappa shape index (κ1) is 4.19. The van der Waals surface area contributed by atoms with Gasteiger partial charge in [-0.25, -0.2) is 0 Å². The lowest BCUT2D eigenvalue weighted by Gasteiger charge is -2.18. The van der Waals surface area contributed by atoms with Crippen molar-refractivity contribution in [3.05, 3.63) is 0 Å². The van der Waals surface area contributed by atoms with E-state index in [0.29, 0.717) is 6.04 Å². The third kappa shape index (κ3) is 0.570. The summed E-state index contributed by atoms with van der Waals surface area (Å²) in [6, 6.07) is 0.593. The fourth-order valence-corrected chi connectivity index (χ4v) is 0.986. The average Bonchev–Trinajstić information content (AvgIpc) is 1.31. The van der Waals surface area contributed by atoms with Crippen LogP contribution < -0.4 is 0 Å². The molecule has 0 unspecified atom stereocenters. The summed E-state index contributed by atoms with van der Waals surface area (Å²) in [5.74, 6) is 2.40. The minimum absolute atomic E-state index is 0.593. The van der Waals surface area contributed by atoms with Crippen LogP contribution in [-0.4, -0.2) is 24.3 Å². The van der Waals surface area contributed by atoms with Gasteiger partial charge in [0.1, 0.15) is 0 Å². The van der Waals surface area contributed by atoms with Gasteiger partial charge in [-0.2, -0.15) is 11.8 Å². The monoisotopic (exact) mass is 101 g/mol. The summed E-state index contributed by atoms with van der Waals surface area (Å²) in [6.07, 6.45) is 0. The molecule has 6 heavy (non-hydrogen) atoms. The highest BCUT2D eigenvalue weighted by Gasteiger charge is 2.13. The molecule has 1 fully saturated rings. The van der Waals surface area contributed by atoms with Gasteiger partial charge < -0.3 is 0 Å². The number of hydrogen-bond donors (Lipinski definition) is 0. The smallest absolute Gasteiger partial charge is 0.0673 e. The highest BCUT2D eigenvalue weighted by Crippen LogP contribution is 2.19. The van der Waals surface area contributed by atoms with E-state index in [2.05, 4.69) is 11.7 Å². The van der Waals surface area contributed by atoms with Gasteiger partial charge in [-0.1, -0.05) is 0 Å². The van der Waals surface area contributed by atoms with E-state index in [1.54, 1.807) is 0 Å². The topological polar surface area (TPSA) is 12.4 Å². The maximum atomic E-state index is 3.82. The molecule has 0 aromatic carbocycles. The SMILES string of the molecule is C=NC1CSC1. The summed E-state index contributed by atoms with van der Waals surface area (Å²) >= 11 is 1.94. The van der Waals surface area contributed by atoms with Crippen molar-refractivity contribution in [1.82, 2.24) is 0 Å². The van der Waals surface area contributed by atoms with Crippen LogP contribution in [0.1, 0.15) is 0 Å². The van der Waals surface area contributed by atoms with Crippen LogP contribution in [0, 0.1) is 0 Å². The zero-order chi connectivity index (χ0) is 4.41. The number of hydrogen-bond acceptors (Lipinski definition) is 2. The lowest BCUT2D eigenvalue weighted by molar-refractivity contribution is 0.829. The van der Waals surface area contributed by atoms with Crippen LogP contribution >= 0.6 is 11.8 Å². The molecule has 0 spiro atoms. The van der Waals surface area contributed by atoms with Crippen LogP contribution in [0.3, 0.4) is 0 Å². The molecule has 1 heterocycles. The number of aliphatic imine (C=N–C) groups is 1. The Bertz CT molecular complexity index is 58.6. The molecule has 0 radical (unpaired) electrons. The fraction of sp³-hybridized carbons (Fsp3) is 0.750. The molecular formula is C4H7NS. The molecule has 0 aromatic heterocycles. The highest BCUT2D eigenvalue weighted by atomic mass is 32.2. The van der Waals surface area contributed by atoms with Crippen LogP contribution in [0.5, 0.6) is 0 Å². The van der Waals surface area contributed by atoms with Crippen molar-refractivity contribution < 1.29 is 0 Å². The highest BCUT2D eigenvalue weighted by molar-refractivity contribution is 8.00. The summed E-state index contributed by atoms with van der Waals surface area (Å²) in [6.45, 7) is 3.42. The summed E-state index contributed by atoms with van der Waals surface area (Å²) in [7, 11) is 0. The van der Waals surface area contributed by atoms with E-state index in [1.807, 2.05) is 11.8 Å². The molecule has 0 aliphatic carbocycles. The van der Waals surface area contributed by atoms with Crippen LogP contribution in [0.15, 0.2) is 4.99 Å². The van der Waals surface area contributed by atoms with Gasteiger partial charge in [0.25, 0.3) is 0 Å². The van der Waals surface area contributed by atoms with Gasteiger partial charge >= 0.3 is 0 Å². The van der Waals surface area contributed by atoms with E-state index >= 15 is 0 Å². The van der Waals surface area contributed by atoms with Gasteiger partial charge in [0.2, 0.25) is 0 Å². The van der Waals surface area contributed by atoms with Gasteiger partial charge in [0.05, 0.1) is 6.04 Å². The lowest BCUT2D eigenvalue weighted by atomic mass is 10.4. The van der Waals surface area contributed by atoms with Crippen molar-refractivity contribution in [2.45, 2.75) is 6.04 Å². The molecule has 1 aliphatic heterocycles. The predicted molar refractivity (Wildman–Crippen MR) is 30.7 cm³/mol. The second-order valence-corrected chi connectivity index (χ2v) is 2.45. The van der Waals surface area contributed by atoms with Crippen molar-refractivity contribution >= 4 is 18.5 Å². The van der Waals surface area contributed by atoms with E-state index in [1.165, 1.54) is 11.5 Å². The molecule has 0 bridgehead atoms. The molecule has 1 rings (SSSR count). The van der Waals surface area contributed by atoms with Gasteiger partial charge in [0, 0.05) is 11.5 Å². The molecule has 0 aromatic rings. The largest absolute Gasteiger partial charge is 0.296 e. The van der Waals surface area contributed by atoms with Gasteiger partial charge in [-0.15, -0.1) is 0 Å². The van der Waals surface area contributed by atoms with Crippen LogP contribution in [0.2, 0.25) is 0 Å². The molecular weight excluding hydrogens is 94.1 g/mol. The van der Waals surface area contributed by atoms with E-state index in [9.17, 15) is 0 Å². The zero-order valence-corrected chi connectivity index (χ0v) is 4.37. The van der Waals surface area contributed by atoms with Gasteiger partial charge in [-0.05, 0) is 6.72 Å². The minimum atomic E-state index is 0.593. The van der Waals surface area contributed by atoms with E-state index in [0.717, 1.165) is 0 Å². The van der Waals surface area contributed by atoms with Crippen molar-refractivity contribution in [3.8, 4) is 0 Å². The van der Waals surface area contributed by atoms with E-state index in [4.69, 9.17) is 0 Å². The fourth-order valence-electron chi connectivity index (χ4n) is 0.329. The summed E-state index contributed by atoms with van der Waals surface area (Å²) in [5.41, 5.74) is 0. The summed E-state index contributed by atoms with van der Waals surface area (Å²) in [4.78, 5) is 3.82. The van der Waals surface area contributed by atoms with E-state index in [-0.39, 0.29) is 0 Å². The maximum Gasteiger partial charge on any atom is 0.0673 e. The first-order chi connectivity index (χ1) is 2.93. The molecule has 2 heteroatoms. The Hall–Kier alpha value is 0.0200. The molecule has 1 aliphatic rings. The van der Waals surface area contributed by atoms with Crippen molar-refractivity contribution in [2.75, 3.05) is 11.5 Å². The Morgan fingerprint density at radius 2 is 2.33 bits per heavy atom. The first-order valence-electron chi connectivity index (χ1n) is 1.97. The maximum absolute atomic E-state index is 3.82. The van der Waals surface area contributed by atoms with Crippen molar-refractivity contribution in [3.63, 3.8) is 0 Å². The lowest BCUT2D eigenvalue weighted by Crippen LogP contribution is -2.21.